The summed E-state index contributed by atoms with van der Waals surface area (Å²) in [6, 6.07) is 0.436. The van der Waals surface area contributed by atoms with Crippen molar-refractivity contribution < 1.29 is 9.47 Å². The van der Waals surface area contributed by atoms with Gasteiger partial charge in [0.25, 0.3) is 0 Å². The Hall–Kier alpha value is -1.59. The third kappa shape index (κ3) is 1.84. The summed E-state index contributed by atoms with van der Waals surface area (Å²) < 4.78 is 10.3. The normalized spacial score (nSPS) is 16.1. The molecule has 76 valence electrons. The molecule has 0 aromatic carbocycles. The highest BCUT2D eigenvalue weighted by atomic mass is 16.5. The second-order valence-corrected chi connectivity index (χ2v) is 3.13. The van der Waals surface area contributed by atoms with Gasteiger partial charge in [-0.15, -0.1) is 4.98 Å². The number of nitrogens with two attached hydrogens (primary N) is 1. The predicted octanol–water partition coefficient (Wildman–Crippen LogP) is 0.394. The van der Waals surface area contributed by atoms with Crippen LogP contribution in [0.4, 0.5) is 5.95 Å². The first-order chi connectivity index (χ1) is 6.78. The van der Waals surface area contributed by atoms with Crippen molar-refractivity contribution in [3.63, 3.8) is 0 Å². The Morgan fingerprint density at radius 3 is 2.50 bits per heavy atom. The van der Waals surface area contributed by atoms with Crippen LogP contribution in [0.25, 0.3) is 0 Å². The molecule has 6 nitrogen and oxygen atoms in total. The van der Waals surface area contributed by atoms with Crippen LogP contribution >= 0.6 is 0 Å². The van der Waals surface area contributed by atoms with Gasteiger partial charge < -0.3 is 15.2 Å². The maximum Gasteiger partial charge on any atom is 0.324 e. The summed E-state index contributed by atoms with van der Waals surface area (Å²) in [5, 5.41) is 0. The van der Waals surface area contributed by atoms with E-state index in [4.69, 9.17) is 15.2 Å². The Kier molecular flexibility index (Phi) is 2.34. The number of nitrogen functional groups attached to an aromatic ring is 1. The molecule has 1 fully saturated rings. The van der Waals surface area contributed by atoms with E-state index in [1.54, 1.807) is 0 Å². The van der Waals surface area contributed by atoms with Gasteiger partial charge in [0.05, 0.1) is 7.11 Å². The summed E-state index contributed by atoms with van der Waals surface area (Å²) in [5.74, 6) is 0.117. The summed E-state index contributed by atoms with van der Waals surface area (Å²) in [7, 11) is 1.47. The number of rotatable bonds is 3. The maximum absolute atomic E-state index is 5.45. The van der Waals surface area contributed by atoms with Gasteiger partial charge in [0.2, 0.25) is 5.95 Å². The number of hydrogen-bond acceptors (Lipinski definition) is 6. The highest BCUT2D eigenvalue weighted by Crippen LogP contribution is 2.23. The molecule has 0 unspecified atom stereocenters. The number of ether oxygens (including phenoxy) is 2. The molecule has 1 saturated carbocycles. The van der Waals surface area contributed by atoms with Crippen LogP contribution < -0.4 is 15.2 Å². The first-order valence-electron chi connectivity index (χ1n) is 4.50. The van der Waals surface area contributed by atoms with E-state index in [1.807, 2.05) is 0 Å². The van der Waals surface area contributed by atoms with Gasteiger partial charge in [-0.3, -0.25) is 0 Å². The zero-order valence-electron chi connectivity index (χ0n) is 7.93. The van der Waals surface area contributed by atoms with Crippen LogP contribution in [0.5, 0.6) is 12.0 Å². The molecule has 0 bridgehead atoms. The van der Waals surface area contributed by atoms with Gasteiger partial charge in [0, 0.05) is 0 Å². The molecule has 0 atom stereocenters. The minimum atomic E-state index is 0.117. The van der Waals surface area contributed by atoms with Crippen LogP contribution in [0, 0.1) is 0 Å². The second kappa shape index (κ2) is 3.65. The Balaban J connectivity index is 2.11. The fourth-order valence-corrected chi connectivity index (χ4v) is 1.13. The molecule has 1 aromatic heterocycles. The average molecular weight is 196 g/mol. The Morgan fingerprint density at radius 1 is 1.21 bits per heavy atom. The van der Waals surface area contributed by atoms with E-state index in [1.165, 1.54) is 13.5 Å². The van der Waals surface area contributed by atoms with Gasteiger partial charge in [-0.1, -0.05) is 0 Å². The van der Waals surface area contributed by atoms with E-state index in [0.29, 0.717) is 0 Å². The lowest BCUT2D eigenvalue weighted by Crippen LogP contribution is -2.25. The van der Waals surface area contributed by atoms with Crippen molar-refractivity contribution in [3.05, 3.63) is 0 Å². The van der Waals surface area contributed by atoms with E-state index in [2.05, 4.69) is 15.0 Å². The van der Waals surface area contributed by atoms with Crippen molar-refractivity contribution in [3.8, 4) is 12.0 Å². The molecule has 1 aliphatic rings. The van der Waals surface area contributed by atoms with Gasteiger partial charge in [-0.05, 0) is 19.3 Å². The topological polar surface area (TPSA) is 83.2 Å². The predicted molar refractivity (Wildman–Crippen MR) is 49.1 cm³/mol. The van der Waals surface area contributed by atoms with E-state index in [-0.39, 0.29) is 24.1 Å². The third-order valence-corrected chi connectivity index (χ3v) is 2.12. The third-order valence-electron chi connectivity index (χ3n) is 2.12. The van der Waals surface area contributed by atoms with Crippen LogP contribution in [0.15, 0.2) is 0 Å². The largest absolute Gasteiger partial charge is 0.467 e. The minimum Gasteiger partial charge on any atom is -0.467 e. The van der Waals surface area contributed by atoms with E-state index in [9.17, 15) is 0 Å². The molecule has 2 rings (SSSR count). The van der Waals surface area contributed by atoms with Crippen LogP contribution in [-0.2, 0) is 0 Å². The lowest BCUT2D eigenvalue weighted by atomic mass is 9.96. The van der Waals surface area contributed by atoms with Crippen LogP contribution in [0.1, 0.15) is 19.3 Å². The molecular formula is C8H12N4O2. The van der Waals surface area contributed by atoms with Gasteiger partial charge in [-0.2, -0.15) is 9.97 Å². The molecule has 0 amide bonds. The van der Waals surface area contributed by atoms with Gasteiger partial charge >= 0.3 is 12.0 Å². The number of methoxy groups -OCH3 is 1. The maximum atomic E-state index is 5.45. The van der Waals surface area contributed by atoms with Crippen molar-refractivity contribution in [1.82, 2.24) is 15.0 Å². The molecule has 6 heteroatoms. The summed E-state index contributed by atoms with van der Waals surface area (Å²) in [5.41, 5.74) is 5.45. The number of nitrogens with zero attached hydrogens (tertiary/aromatic N) is 3. The Morgan fingerprint density at radius 2 is 1.93 bits per heavy atom. The lowest BCUT2D eigenvalue weighted by molar-refractivity contribution is 0.107. The summed E-state index contributed by atoms with van der Waals surface area (Å²) >= 11 is 0. The highest BCUT2D eigenvalue weighted by Gasteiger charge is 2.20. The Labute approximate surface area is 81.5 Å². The van der Waals surface area contributed by atoms with Crippen LogP contribution in [-0.4, -0.2) is 28.2 Å². The quantitative estimate of drug-likeness (QED) is 0.753. The summed E-state index contributed by atoms with van der Waals surface area (Å²) in [4.78, 5) is 11.5. The van der Waals surface area contributed by atoms with Crippen molar-refractivity contribution in [1.29, 1.82) is 0 Å². The number of hydrogen-bond donors (Lipinski definition) is 1. The first-order valence-corrected chi connectivity index (χ1v) is 4.50. The second-order valence-electron chi connectivity index (χ2n) is 3.13. The number of anilines is 1. The van der Waals surface area contributed by atoms with Crippen LogP contribution in [0.2, 0.25) is 0 Å². The fraction of sp³-hybridized carbons (Fsp3) is 0.625. The first kappa shape index (κ1) is 8.98. The molecule has 14 heavy (non-hydrogen) atoms. The van der Waals surface area contributed by atoms with Crippen LogP contribution in [0.3, 0.4) is 0 Å². The van der Waals surface area contributed by atoms with Crippen molar-refractivity contribution in [2.75, 3.05) is 12.8 Å². The fourth-order valence-electron chi connectivity index (χ4n) is 1.13. The lowest BCUT2D eigenvalue weighted by Gasteiger charge is -2.24. The van der Waals surface area contributed by atoms with E-state index in [0.717, 1.165) is 12.8 Å². The summed E-state index contributed by atoms with van der Waals surface area (Å²) in [6.45, 7) is 0. The van der Waals surface area contributed by atoms with Crippen molar-refractivity contribution in [2.45, 2.75) is 25.4 Å². The number of aromatic nitrogens is 3. The van der Waals surface area contributed by atoms with E-state index >= 15 is 0 Å². The summed E-state index contributed by atoms with van der Waals surface area (Å²) in [6.07, 6.45) is 3.52. The molecular weight excluding hydrogens is 184 g/mol. The Bertz CT molecular complexity index is 327. The van der Waals surface area contributed by atoms with Gasteiger partial charge in [0.15, 0.2) is 0 Å². The van der Waals surface area contributed by atoms with E-state index < -0.39 is 0 Å². The van der Waals surface area contributed by atoms with Crippen molar-refractivity contribution in [2.24, 2.45) is 0 Å². The molecule has 0 spiro atoms. The molecule has 1 aromatic rings. The zero-order chi connectivity index (χ0) is 9.97. The standard InChI is InChI=1S/C8H12N4O2/c1-13-7-10-6(9)11-8(12-7)14-5-3-2-4-5/h5H,2-4H2,1H3,(H2,9,10,11,12). The molecule has 0 aliphatic heterocycles. The monoisotopic (exact) mass is 196 g/mol. The average Bonchev–Trinajstić information content (AvgIpc) is 2.10. The smallest absolute Gasteiger partial charge is 0.324 e. The minimum absolute atomic E-state index is 0.117. The van der Waals surface area contributed by atoms with Gasteiger partial charge in [-0.25, -0.2) is 0 Å². The zero-order valence-corrected chi connectivity index (χ0v) is 7.93. The molecule has 0 radical (unpaired) electrons. The van der Waals surface area contributed by atoms with Gasteiger partial charge in [0.1, 0.15) is 6.10 Å². The van der Waals surface area contributed by atoms with Crippen molar-refractivity contribution >= 4 is 5.95 Å². The SMILES string of the molecule is COc1nc(N)nc(OC2CCC2)n1. The molecule has 2 N–H and O–H groups in total. The molecule has 1 aliphatic carbocycles. The highest BCUT2D eigenvalue weighted by molar-refractivity contribution is 5.20. The molecule has 1 heterocycles. The molecule has 0 saturated heterocycles.